The minimum absolute atomic E-state index is 0.0568. The first-order valence-corrected chi connectivity index (χ1v) is 14.4. The molecule has 216 valence electrons. The van der Waals surface area contributed by atoms with Crippen molar-refractivity contribution in [1.82, 2.24) is 25.3 Å². The zero-order valence-corrected chi connectivity index (χ0v) is 24.4. The second-order valence-corrected chi connectivity index (χ2v) is 11.6. The van der Waals surface area contributed by atoms with Gasteiger partial charge in [-0.15, -0.1) is 0 Å². The monoisotopic (exact) mass is 550 g/mol. The van der Waals surface area contributed by atoms with Crippen molar-refractivity contribution in [2.45, 2.75) is 52.5 Å². The van der Waals surface area contributed by atoms with Crippen molar-refractivity contribution in [1.29, 1.82) is 0 Å². The lowest BCUT2D eigenvalue weighted by molar-refractivity contribution is -0.125. The molecule has 2 amide bonds. The van der Waals surface area contributed by atoms with Crippen LogP contribution in [0.4, 0.5) is 23.1 Å². The number of benzene rings is 1. The summed E-state index contributed by atoms with van der Waals surface area (Å²) in [6, 6.07) is 5.65. The van der Waals surface area contributed by atoms with Crippen molar-refractivity contribution in [3.05, 3.63) is 30.0 Å². The molecule has 1 saturated carbocycles. The molecule has 3 aliphatic rings. The molecule has 2 N–H and O–H groups in total. The van der Waals surface area contributed by atoms with Crippen LogP contribution in [0.25, 0.3) is 0 Å². The lowest BCUT2D eigenvalue weighted by Gasteiger charge is -2.34. The third-order valence-electron chi connectivity index (χ3n) is 8.39. The summed E-state index contributed by atoms with van der Waals surface area (Å²) in [5.74, 6) is 1.58. The zero-order valence-electron chi connectivity index (χ0n) is 24.4. The maximum atomic E-state index is 13.3. The van der Waals surface area contributed by atoms with Gasteiger partial charge in [-0.1, -0.05) is 19.8 Å². The van der Waals surface area contributed by atoms with Crippen LogP contribution in [0, 0.1) is 5.41 Å². The van der Waals surface area contributed by atoms with Gasteiger partial charge in [0.2, 0.25) is 11.9 Å². The number of nitrogens with one attached hydrogen (secondary N) is 2. The van der Waals surface area contributed by atoms with Crippen molar-refractivity contribution in [2.75, 3.05) is 68.5 Å². The van der Waals surface area contributed by atoms with Crippen molar-refractivity contribution in [3.63, 3.8) is 0 Å². The Bertz CT molecular complexity index is 1240. The van der Waals surface area contributed by atoms with Gasteiger partial charge in [0.25, 0.3) is 5.91 Å². The predicted octanol–water partition coefficient (Wildman–Crippen LogP) is 3.26. The van der Waals surface area contributed by atoms with Gasteiger partial charge in [-0.05, 0) is 51.4 Å². The van der Waals surface area contributed by atoms with Crippen LogP contribution < -0.4 is 25.3 Å². The number of aromatic nitrogens is 2. The van der Waals surface area contributed by atoms with Crippen LogP contribution in [-0.4, -0.2) is 91.2 Å². The first-order valence-electron chi connectivity index (χ1n) is 14.4. The molecular weight excluding hydrogens is 508 g/mol. The highest BCUT2D eigenvalue weighted by Crippen LogP contribution is 2.40. The predicted molar refractivity (Wildman–Crippen MR) is 156 cm³/mol. The van der Waals surface area contributed by atoms with E-state index in [4.69, 9.17) is 9.72 Å². The van der Waals surface area contributed by atoms with Gasteiger partial charge in [0.05, 0.1) is 24.4 Å². The average molecular weight is 551 g/mol. The van der Waals surface area contributed by atoms with Gasteiger partial charge in [-0.3, -0.25) is 15.0 Å². The van der Waals surface area contributed by atoms with Gasteiger partial charge in [-0.2, -0.15) is 4.98 Å². The number of carbonyl (C=O) groups is 2. The summed E-state index contributed by atoms with van der Waals surface area (Å²) >= 11 is 0. The van der Waals surface area contributed by atoms with E-state index in [0.717, 1.165) is 51.4 Å². The molecule has 1 aliphatic carbocycles. The van der Waals surface area contributed by atoms with Gasteiger partial charge in [0.1, 0.15) is 11.4 Å². The maximum Gasteiger partial charge on any atom is 0.265 e. The number of rotatable bonds is 7. The largest absolute Gasteiger partial charge is 0.495 e. The highest BCUT2D eigenvalue weighted by atomic mass is 16.5. The summed E-state index contributed by atoms with van der Waals surface area (Å²) in [6.07, 6.45) is 6.27. The molecule has 0 atom stereocenters. The third-order valence-corrected chi connectivity index (χ3v) is 8.39. The highest BCUT2D eigenvalue weighted by molar-refractivity contribution is 6.01. The molecule has 40 heavy (non-hydrogen) atoms. The summed E-state index contributed by atoms with van der Waals surface area (Å²) in [6.45, 7) is 11.2. The van der Waals surface area contributed by atoms with Gasteiger partial charge in [0, 0.05) is 51.4 Å². The Morgan fingerprint density at radius 2 is 1.88 bits per heavy atom. The molecule has 2 fully saturated rings. The molecule has 1 aromatic heterocycles. The standard InChI is InChI=1S/C29H42N8O3/c1-6-35-13-15-36(16-14-35)33-26(38)20-11-12-22(24(17-20)40-5)31-28-30-18-23-25(32-28)37(21-9-7-8-10-21)19-29(2,3)27(39)34(23)4/h11-12,17-18,21H,6-10,13-16,19H2,1-5H3,(H,33,38)(H,30,31,32). The zero-order chi connectivity index (χ0) is 28.4. The number of carbonyl (C=O) groups excluding carboxylic acids is 2. The molecule has 0 unspecified atom stereocenters. The highest BCUT2D eigenvalue weighted by Gasteiger charge is 2.41. The van der Waals surface area contributed by atoms with Crippen LogP contribution in [0.1, 0.15) is 56.8 Å². The Kier molecular flexibility index (Phi) is 8.14. The molecule has 0 spiro atoms. The fraction of sp³-hybridized carbons (Fsp3) is 0.586. The maximum absolute atomic E-state index is 13.3. The summed E-state index contributed by atoms with van der Waals surface area (Å²) in [4.78, 5) is 42.1. The van der Waals surface area contributed by atoms with Crippen LogP contribution in [-0.2, 0) is 4.79 Å². The number of amides is 2. The van der Waals surface area contributed by atoms with E-state index in [1.54, 1.807) is 37.4 Å². The molecular formula is C29H42N8O3. The molecule has 5 rings (SSSR count). The number of hydrogen-bond donors (Lipinski definition) is 2. The summed E-state index contributed by atoms with van der Waals surface area (Å²) < 4.78 is 5.64. The Morgan fingerprint density at radius 3 is 2.55 bits per heavy atom. The summed E-state index contributed by atoms with van der Waals surface area (Å²) in [7, 11) is 3.38. The van der Waals surface area contributed by atoms with E-state index >= 15 is 0 Å². The number of nitrogens with zero attached hydrogens (tertiary/aromatic N) is 6. The molecule has 0 radical (unpaired) electrons. The smallest absolute Gasteiger partial charge is 0.265 e. The molecule has 11 nitrogen and oxygen atoms in total. The molecule has 3 heterocycles. The first-order chi connectivity index (χ1) is 19.2. The lowest BCUT2D eigenvalue weighted by Crippen LogP contribution is -2.53. The topological polar surface area (TPSA) is 106 Å². The Morgan fingerprint density at radius 1 is 1.15 bits per heavy atom. The fourth-order valence-corrected chi connectivity index (χ4v) is 5.96. The second-order valence-electron chi connectivity index (χ2n) is 11.6. The average Bonchev–Trinajstić information content (AvgIpc) is 3.48. The number of anilines is 4. The Balaban J connectivity index is 1.37. The van der Waals surface area contributed by atoms with E-state index < -0.39 is 5.41 Å². The molecule has 2 aromatic rings. The van der Waals surface area contributed by atoms with Gasteiger partial charge < -0.3 is 24.8 Å². The number of methoxy groups -OCH3 is 1. The normalized spacial score (nSPS) is 20.3. The van der Waals surface area contributed by atoms with Crippen LogP contribution in [0.5, 0.6) is 5.75 Å². The minimum Gasteiger partial charge on any atom is -0.495 e. The van der Waals surface area contributed by atoms with Gasteiger partial charge >= 0.3 is 0 Å². The van der Waals surface area contributed by atoms with E-state index in [9.17, 15) is 9.59 Å². The summed E-state index contributed by atoms with van der Waals surface area (Å²) in [5.41, 5.74) is 4.35. The van der Waals surface area contributed by atoms with Crippen LogP contribution in [0.15, 0.2) is 24.4 Å². The number of ether oxygens (including phenoxy) is 1. The first kappa shape index (κ1) is 28.1. The molecule has 1 saturated heterocycles. The van der Waals surface area contributed by atoms with Gasteiger partial charge in [-0.25, -0.2) is 9.99 Å². The van der Waals surface area contributed by atoms with Crippen LogP contribution >= 0.6 is 0 Å². The van der Waals surface area contributed by atoms with Crippen molar-refractivity contribution in [2.24, 2.45) is 5.41 Å². The second kappa shape index (κ2) is 11.6. The number of hydrogen-bond acceptors (Lipinski definition) is 9. The Labute approximate surface area is 236 Å². The minimum atomic E-state index is -0.547. The lowest BCUT2D eigenvalue weighted by atomic mass is 9.91. The van der Waals surface area contributed by atoms with E-state index in [0.29, 0.717) is 41.2 Å². The SMILES string of the molecule is CCN1CCN(NC(=O)c2ccc(Nc3ncc4c(n3)N(C3CCCC3)CC(C)(C)C(=O)N4C)c(OC)c2)CC1. The van der Waals surface area contributed by atoms with E-state index in [1.807, 2.05) is 24.9 Å². The third kappa shape index (κ3) is 5.71. The molecule has 0 bridgehead atoms. The number of likely N-dealkylation sites (N-methyl/N-ethyl adjacent to an activating group) is 1. The fourth-order valence-electron chi connectivity index (χ4n) is 5.96. The quantitative estimate of drug-likeness (QED) is 0.537. The van der Waals surface area contributed by atoms with E-state index in [2.05, 4.69) is 32.5 Å². The summed E-state index contributed by atoms with van der Waals surface area (Å²) in [5, 5.41) is 5.25. The van der Waals surface area contributed by atoms with E-state index in [-0.39, 0.29) is 11.8 Å². The van der Waals surface area contributed by atoms with Crippen LogP contribution in [0.2, 0.25) is 0 Å². The van der Waals surface area contributed by atoms with E-state index in [1.165, 1.54) is 12.8 Å². The Hall–Kier alpha value is -3.44. The molecule has 1 aromatic carbocycles. The van der Waals surface area contributed by atoms with Crippen molar-refractivity contribution in [3.8, 4) is 5.75 Å². The molecule has 2 aliphatic heterocycles. The number of hydrazine groups is 1. The number of fused-ring (bicyclic) bond motifs is 1. The van der Waals surface area contributed by atoms with Crippen molar-refractivity contribution >= 4 is 35.0 Å². The molecule has 11 heteroatoms. The van der Waals surface area contributed by atoms with Crippen LogP contribution in [0.3, 0.4) is 0 Å². The number of piperazine rings is 1. The van der Waals surface area contributed by atoms with Gasteiger partial charge in [0.15, 0.2) is 5.82 Å². The van der Waals surface area contributed by atoms with Crippen molar-refractivity contribution < 1.29 is 14.3 Å².